The molecule has 0 aliphatic heterocycles. The Labute approximate surface area is 180 Å². The van der Waals surface area contributed by atoms with Gasteiger partial charge in [-0.05, 0) is 39.0 Å². The van der Waals surface area contributed by atoms with Crippen LogP contribution in [0, 0.1) is 6.92 Å². The average molecular weight is 420 g/mol. The summed E-state index contributed by atoms with van der Waals surface area (Å²) in [4.78, 5) is 12.4. The standard InChI is InChI=1S/C23H25N5OS/c1-4-27-14-19(18-8-6-7-9-20(18)27)22-25-26-23(28(22)5-2)30-15-21(29)24-17-12-10-16(3)11-13-17/h6-14H,4-5,15H2,1-3H3,(H,24,29). The normalized spacial score (nSPS) is 11.2. The fourth-order valence-corrected chi connectivity index (χ4v) is 4.33. The van der Waals surface area contributed by atoms with Gasteiger partial charge in [0.1, 0.15) is 0 Å². The fraction of sp³-hybridized carbons (Fsp3) is 0.261. The van der Waals surface area contributed by atoms with Crippen LogP contribution < -0.4 is 5.32 Å². The highest BCUT2D eigenvalue weighted by molar-refractivity contribution is 7.99. The molecule has 0 aliphatic rings. The van der Waals surface area contributed by atoms with E-state index in [1.807, 2.05) is 37.3 Å². The second-order valence-corrected chi connectivity index (χ2v) is 8.04. The molecule has 7 heteroatoms. The van der Waals surface area contributed by atoms with Crippen molar-refractivity contribution in [1.82, 2.24) is 19.3 Å². The van der Waals surface area contributed by atoms with Gasteiger partial charge < -0.3 is 14.5 Å². The van der Waals surface area contributed by atoms with E-state index in [-0.39, 0.29) is 11.7 Å². The van der Waals surface area contributed by atoms with E-state index in [1.54, 1.807) is 0 Å². The third-order valence-electron chi connectivity index (χ3n) is 5.07. The summed E-state index contributed by atoms with van der Waals surface area (Å²) in [6.45, 7) is 7.85. The lowest BCUT2D eigenvalue weighted by Gasteiger charge is -2.08. The summed E-state index contributed by atoms with van der Waals surface area (Å²) in [5.74, 6) is 1.06. The Hall–Kier alpha value is -3.06. The average Bonchev–Trinajstić information content (AvgIpc) is 3.34. The van der Waals surface area contributed by atoms with Gasteiger partial charge in [-0.1, -0.05) is 47.7 Å². The highest BCUT2D eigenvalue weighted by Gasteiger charge is 2.18. The maximum atomic E-state index is 12.4. The molecule has 1 N–H and O–H groups in total. The summed E-state index contributed by atoms with van der Waals surface area (Å²) in [5.41, 5.74) is 4.22. The molecule has 30 heavy (non-hydrogen) atoms. The van der Waals surface area contributed by atoms with E-state index in [2.05, 4.69) is 62.9 Å². The number of aryl methyl sites for hydroxylation is 2. The van der Waals surface area contributed by atoms with Crippen LogP contribution in [0.1, 0.15) is 19.4 Å². The van der Waals surface area contributed by atoms with Crippen LogP contribution in [0.4, 0.5) is 5.69 Å². The number of para-hydroxylation sites is 1. The molecule has 2 aromatic carbocycles. The SMILES string of the molecule is CCn1c(SCC(=O)Nc2ccc(C)cc2)nnc1-c1cn(CC)c2ccccc12. The minimum absolute atomic E-state index is 0.0568. The van der Waals surface area contributed by atoms with Crippen molar-refractivity contribution in [2.45, 2.75) is 39.0 Å². The quantitative estimate of drug-likeness (QED) is 0.429. The van der Waals surface area contributed by atoms with Gasteiger partial charge >= 0.3 is 0 Å². The van der Waals surface area contributed by atoms with Crippen molar-refractivity contribution in [3.05, 3.63) is 60.3 Å². The van der Waals surface area contributed by atoms with E-state index in [0.717, 1.165) is 46.3 Å². The van der Waals surface area contributed by atoms with Gasteiger partial charge in [0.2, 0.25) is 5.91 Å². The molecule has 0 unspecified atom stereocenters. The third-order valence-corrected chi connectivity index (χ3v) is 6.04. The minimum Gasteiger partial charge on any atom is -0.347 e. The van der Waals surface area contributed by atoms with Crippen molar-refractivity contribution in [3.63, 3.8) is 0 Å². The van der Waals surface area contributed by atoms with E-state index in [4.69, 9.17) is 0 Å². The first-order valence-electron chi connectivity index (χ1n) is 10.1. The van der Waals surface area contributed by atoms with E-state index in [1.165, 1.54) is 17.3 Å². The summed E-state index contributed by atoms with van der Waals surface area (Å²) in [7, 11) is 0. The molecule has 154 valence electrons. The largest absolute Gasteiger partial charge is 0.347 e. The van der Waals surface area contributed by atoms with Crippen molar-refractivity contribution in [2.75, 3.05) is 11.1 Å². The molecule has 0 saturated heterocycles. The van der Waals surface area contributed by atoms with Crippen LogP contribution in [0.3, 0.4) is 0 Å². The van der Waals surface area contributed by atoms with Gasteiger partial charge in [0.25, 0.3) is 0 Å². The van der Waals surface area contributed by atoms with E-state index in [9.17, 15) is 4.79 Å². The number of anilines is 1. The number of thioether (sulfide) groups is 1. The number of nitrogens with zero attached hydrogens (tertiary/aromatic N) is 4. The maximum Gasteiger partial charge on any atom is 0.234 e. The molecule has 0 atom stereocenters. The maximum absolute atomic E-state index is 12.4. The summed E-state index contributed by atoms with van der Waals surface area (Å²) in [5, 5.41) is 13.7. The van der Waals surface area contributed by atoms with Crippen LogP contribution in [0.25, 0.3) is 22.3 Å². The Kier molecular flexibility index (Phi) is 5.90. The lowest BCUT2D eigenvalue weighted by Crippen LogP contribution is -2.14. The van der Waals surface area contributed by atoms with Crippen LogP contribution in [-0.4, -0.2) is 31.0 Å². The highest BCUT2D eigenvalue weighted by Crippen LogP contribution is 2.31. The fourth-order valence-electron chi connectivity index (χ4n) is 3.53. The van der Waals surface area contributed by atoms with E-state index >= 15 is 0 Å². The molecule has 0 radical (unpaired) electrons. The van der Waals surface area contributed by atoms with Crippen LogP contribution in [0.2, 0.25) is 0 Å². The molecule has 0 bridgehead atoms. The van der Waals surface area contributed by atoms with Crippen molar-refractivity contribution >= 4 is 34.3 Å². The van der Waals surface area contributed by atoms with Crippen molar-refractivity contribution in [3.8, 4) is 11.4 Å². The number of nitrogens with one attached hydrogen (secondary N) is 1. The molecule has 0 saturated carbocycles. The zero-order valence-electron chi connectivity index (χ0n) is 17.4. The summed E-state index contributed by atoms with van der Waals surface area (Å²) in [6, 6.07) is 16.1. The van der Waals surface area contributed by atoms with Crippen molar-refractivity contribution in [1.29, 1.82) is 0 Å². The first-order chi connectivity index (χ1) is 14.6. The first-order valence-corrected chi connectivity index (χ1v) is 11.1. The number of fused-ring (bicyclic) bond motifs is 1. The molecule has 4 aromatic rings. The van der Waals surface area contributed by atoms with Gasteiger partial charge in [0.05, 0.1) is 5.75 Å². The number of carbonyl (C=O) groups is 1. The van der Waals surface area contributed by atoms with Crippen LogP contribution in [-0.2, 0) is 17.9 Å². The van der Waals surface area contributed by atoms with Crippen molar-refractivity contribution < 1.29 is 4.79 Å². The van der Waals surface area contributed by atoms with Crippen LogP contribution >= 0.6 is 11.8 Å². The minimum atomic E-state index is -0.0568. The Morgan fingerprint density at radius 1 is 1.03 bits per heavy atom. The molecule has 2 aromatic heterocycles. The number of aromatic nitrogens is 4. The summed E-state index contributed by atoms with van der Waals surface area (Å²) < 4.78 is 4.30. The molecule has 0 aliphatic carbocycles. The number of rotatable bonds is 7. The predicted molar refractivity (Wildman–Crippen MR) is 123 cm³/mol. The third kappa shape index (κ3) is 3.98. The van der Waals surface area contributed by atoms with Crippen LogP contribution in [0.15, 0.2) is 59.9 Å². The molecular formula is C23H25N5OS. The first kappa shape index (κ1) is 20.2. The number of benzene rings is 2. The Morgan fingerprint density at radius 2 is 1.80 bits per heavy atom. The van der Waals surface area contributed by atoms with Gasteiger partial charge in [-0.15, -0.1) is 10.2 Å². The summed E-state index contributed by atoms with van der Waals surface area (Å²) >= 11 is 1.41. The smallest absolute Gasteiger partial charge is 0.234 e. The van der Waals surface area contributed by atoms with Crippen molar-refractivity contribution in [2.24, 2.45) is 0 Å². The lowest BCUT2D eigenvalue weighted by atomic mass is 10.1. The zero-order valence-corrected chi connectivity index (χ0v) is 18.2. The zero-order chi connectivity index (χ0) is 21.1. The highest BCUT2D eigenvalue weighted by atomic mass is 32.2. The molecular weight excluding hydrogens is 394 g/mol. The molecule has 0 spiro atoms. The number of hydrogen-bond donors (Lipinski definition) is 1. The lowest BCUT2D eigenvalue weighted by molar-refractivity contribution is -0.113. The number of hydrogen-bond acceptors (Lipinski definition) is 4. The Morgan fingerprint density at radius 3 is 2.53 bits per heavy atom. The second kappa shape index (κ2) is 8.75. The Bertz CT molecular complexity index is 1180. The molecule has 2 heterocycles. The second-order valence-electron chi connectivity index (χ2n) is 7.10. The Balaban J connectivity index is 1.54. The van der Waals surface area contributed by atoms with Gasteiger partial charge in [-0.2, -0.15) is 0 Å². The van der Waals surface area contributed by atoms with Crippen LogP contribution in [0.5, 0.6) is 0 Å². The summed E-state index contributed by atoms with van der Waals surface area (Å²) in [6.07, 6.45) is 2.14. The van der Waals surface area contributed by atoms with E-state index < -0.39 is 0 Å². The molecule has 1 amide bonds. The molecule has 4 rings (SSSR count). The number of amides is 1. The van der Waals surface area contributed by atoms with E-state index in [0.29, 0.717) is 0 Å². The van der Waals surface area contributed by atoms with Gasteiger partial charge in [0.15, 0.2) is 11.0 Å². The molecule has 6 nitrogen and oxygen atoms in total. The number of carbonyl (C=O) groups excluding carboxylic acids is 1. The topological polar surface area (TPSA) is 64.7 Å². The monoisotopic (exact) mass is 419 g/mol. The predicted octanol–water partition coefficient (Wildman–Crippen LogP) is 4.98. The van der Waals surface area contributed by atoms with Gasteiger partial charge in [-0.3, -0.25) is 4.79 Å². The molecule has 0 fully saturated rings. The van der Waals surface area contributed by atoms with Gasteiger partial charge in [-0.25, -0.2) is 0 Å². The van der Waals surface area contributed by atoms with Gasteiger partial charge in [0, 0.05) is 41.4 Å².